The maximum Gasteiger partial charge on any atom is 0.240 e. The summed E-state index contributed by atoms with van der Waals surface area (Å²) >= 11 is 0. The first-order valence-electron chi connectivity index (χ1n) is 8.71. The van der Waals surface area contributed by atoms with Crippen LogP contribution < -0.4 is 4.74 Å². The second kappa shape index (κ2) is 6.77. The molecule has 4 rings (SSSR count). The minimum absolute atomic E-state index is 0.0940. The van der Waals surface area contributed by atoms with Crippen molar-refractivity contribution in [3.63, 3.8) is 0 Å². The van der Waals surface area contributed by atoms with Gasteiger partial charge in [0.05, 0.1) is 36.9 Å². The Balaban J connectivity index is 1.58. The summed E-state index contributed by atoms with van der Waals surface area (Å²) < 4.78 is 9.80. The van der Waals surface area contributed by atoms with Crippen molar-refractivity contribution in [1.29, 1.82) is 5.26 Å². The van der Waals surface area contributed by atoms with Crippen LogP contribution in [0.3, 0.4) is 0 Å². The highest BCUT2D eigenvalue weighted by atomic mass is 16.5. The zero-order chi connectivity index (χ0) is 18.1. The van der Waals surface area contributed by atoms with E-state index in [4.69, 9.17) is 15.0 Å². The molecular formula is C18H21N7O. The van der Waals surface area contributed by atoms with Crippen molar-refractivity contribution in [3.05, 3.63) is 30.9 Å². The van der Waals surface area contributed by atoms with Crippen molar-refractivity contribution in [2.24, 2.45) is 7.05 Å². The zero-order valence-electron chi connectivity index (χ0n) is 14.9. The lowest BCUT2D eigenvalue weighted by Gasteiger charge is -2.21. The number of hydrogen-bond donors (Lipinski definition) is 0. The van der Waals surface area contributed by atoms with Crippen molar-refractivity contribution in [2.75, 3.05) is 13.6 Å². The number of hydrogen-bond acceptors (Lipinski definition) is 6. The summed E-state index contributed by atoms with van der Waals surface area (Å²) in [4.78, 5) is 6.82. The van der Waals surface area contributed by atoms with Gasteiger partial charge < -0.3 is 4.74 Å². The molecule has 1 aliphatic carbocycles. The van der Waals surface area contributed by atoms with Crippen LogP contribution in [0.25, 0.3) is 16.8 Å². The van der Waals surface area contributed by atoms with Crippen LogP contribution in [0, 0.1) is 11.3 Å². The quantitative estimate of drug-likeness (QED) is 0.653. The van der Waals surface area contributed by atoms with E-state index in [1.807, 2.05) is 32.6 Å². The molecule has 3 aromatic rings. The molecule has 1 aliphatic rings. The number of fused-ring (bicyclic) bond motifs is 1. The van der Waals surface area contributed by atoms with Crippen LogP contribution in [-0.2, 0) is 7.05 Å². The molecular weight excluding hydrogens is 330 g/mol. The lowest BCUT2D eigenvalue weighted by Crippen LogP contribution is -2.30. The van der Waals surface area contributed by atoms with E-state index in [0.29, 0.717) is 18.5 Å². The summed E-state index contributed by atoms with van der Waals surface area (Å²) in [6, 6.07) is 4.49. The van der Waals surface area contributed by atoms with Crippen LogP contribution in [0.1, 0.15) is 19.3 Å². The van der Waals surface area contributed by atoms with Gasteiger partial charge in [0.2, 0.25) is 5.88 Å². The van der Waals surface area contributed by atoms with E-state index >= 15 is 0 Å². The Morgan fingerprint density at radius 2 is 2.23 bits per heavy atom. The standard InChI is InChI=1S/C18H21N7O/c1-23(8-6-19)14-3-4-15(9-14)26-18-17-5-7-20-25(17)12-16(22-18)13-10-21-24(2)11-13/h5,7,10-12,14-15H,3-4,8-9H2,1-2H3/t14-,15+/m1/s1. The Labute approximate surface area is 151 Å². The number of aryl methyl sites for hydroxylation is 1. The van der Waals surface area contributed by atoms with Gasteiger partial charge in [0.1, 0.15) is 11.6 Å². The van der Waals surface area contributed by atoms with Gasteiger partial charge in [0.15, 0.2) is 0 Å². The minimum Gasteiger partial charge on any atom is -0.473 e. The maximum atomic E-state index is 8.88. The minimum atomic E-state index is 0.0940. The van der Waals surface area contributed by atoms with Gasteiger partial charge in [-0.1, -0.05) is 0 Å². The fraction of sp³-hybridized carbons (Fsp3) is 0.444. The predicted molar refractivity (Wildman–Crippen MR) is 95.5 cm³/mol. The summed E-state index contributed by atoms with van der Waals surface area (Å²) in [5.74, 6) is 0.595. The van der Waals surface area contributed by atoms with Crippen LogP contribution in [0.4, 0.5) is 0 Å². The molecule has 0 spiro atoms. The first-order valence-corrected chi connectivity index (χ1v) is 8.71. The molecule has 26 heavy (non-hydrogen) atoms. The summed E-state index contributed by atoms with van der Waals surface area (Å²) in [6.07, 6.45) is 10.3. The molecule has 8 nitrogen and oxygen atoms in total. The highest BCUT2D eigenvalue weighted by molar-refractivity contribution is 5.63. The van der Waals surface area contributed by atoms with E-state index in [0.717, 1.165) is 36.0 Å². The van der Waals surface area contributed by atoms with E-state index in [1.165, 1.54) is 0 Å². The van der Waals surface area contributed by atoms with E-state index in [9.17, 15) is 0 Å². The SMILES string of the molecule is CN(CC#N)[C@@H]1CC[C@H](Oc2nc(-c3cnn(C)c3)cn3nccc23)C1. The second-order valence-electron chi connectivity index (χ2n) is 6.77. The zero-order valence-corrected chi connectivity index (χ0v) is 14.9. The average Bonchev–Trinajstić information content (AvgIpc) is 3.35. The molecule has 0 unspecified atom stereocenters. The topological polar surface area (TPSA) is 84.3 Å². The predicted octanol–water partition coefficient (Wildman–Crippen LogP) is 1.89. The highest BCUT2D eigenvalue weighted by Crippen LogP contribution is 2.30. The number of rotatable bonds is 5. The molecule has 1 fully saturated rings. The van der Waals surface area contributed by atoms with E-state index in [-0.39, 0.29) is 6.10 Å². The Kier molecular flexibility index (Phi) is 4.31. The molecule has 1 saturated carbocycles. The van der Waals surface area contributed by atoms with Crippen molar-refractivity contribution >= 4 is 5.52 Å². The fourth-order valence-corrected chi connectivity index (χ4v) is 3.50. The average molecular weight is 351 g/mol. The first kappa shape index (κ1) is 16.5. The van der Waals surface area contributed by atoms with Gasteiger partial charge in [-0.2, -0.15) is 15.5 Å². The van der Waals surface area contributed by atoms with Gasteiger partial charge in [0, 0.05) is 24.8 Å². The summed E-state index contributed by atoms with van der Waals surface area (Å²) in [5, 5.41) is 17.4. The Morgan fingerprint density at radius 3 is 3.00 bits per heavy atom. The van der Waals surface area contributed by atoms with Crippen LogP contribution in [0.5, 0.6) is 5.88 Å². The van der Waals surface area contributed by atoms with Crippen molar-refractivity contribution in [3.8, 4) is 23.2 Å². The summed E-state index contributed by atoms with van der Waals surface area (Å²) in [6.45, 7) is 0.443. The number of nitriles is 1. The summed E-state index contributed by atoms with van der Waals surface area (Å²) in [7, 11) is 3.87. The Morgan fingerprint density at radius 1 is 1.35 bits per heavy atom. The van der Waals surface area contributed by atoms with E-state index in [2.05, 4.69) is 21.2 Å². The molecule has 3 aromatic heterocycles. The summed E-state index contributed by atoms with van der Waals surface area (Å²) in [5.41, 5.74) is 2.56. The molecule has 0 saturated heterocycles. The maximum absolute atomic E-state index is 8.88. The van der Waals surface area contributed by atoms with Gasteiger partial charge in [0.25, 0.3) is 0 Å². The second-order valence-corrected chi connectivity index (χ2v) is 6.77. The molecule has 0 aliphatic heterocycles. The molecule has 0 radical (unpaired) electrons. The number of aromatic nitrogens is 5. The monoisotopic (exact) mass is 351 g/mol. The molecule has 134 valence electrons. The van der Waals surface area contributed by atoms with Gasteiger partial charge in [-0.15, -0.1) is 0 Å². The largest absolute Gasteiger partial charge is 0.473 e. The van der Waals surface area contributed by atoms with Crippen LogP contribution >= 0.6 is 0 Å². The van der Waals surface area contributed by atoms with Crippen molar-refractivity contribution in [2.45, 2.75) is 31.4 Å². The van der Waals surface area contributed by atoms with Crippen LogP contribution in [0.2, 0.25) is 0 Å². The Hall–Kier alpha value is -2.92. The molecule has 0 bridgehead atoms. The third-order valence-corrected chi connectivity index (χ3v) is 4.94. The highest BCUT2D eigenvalue weighted by Gasteiger charge is 2.29. The van der Waals surface area contributed by atoms with Crippen molar-refractivity contribution < 1.29 is 4.74 Å². The Bertz CT molecular complexity index is 954. The van der Waals surface area contributed by atoms with Gasteiger partial charge in [-0.05, 0) is 32.4 Å². The molecule has 0 N–H and O–H groups in total. The normalized spacial score (nSPS) is 19.9. The van der Waals surface area contributed by atoms with Crippen molar-refractivity contribution in [1.82, 2.24) is 29.3 Å². The molecule has 8 heteroatoms. The fourth-order valence-electron chi connectivity index (χ4n) is 3.50. The van der Waals surface area contributed by atoms with Gasteiger partial charge in [-0.25, -0.2) is 9.50 Å². The lowest BCUT2D eigenvalue weighted by molar-refractivity contribution is 0.184. The molecule has 3 heterocycles. The molecule has 2 atom stereocenters. The smallest absolute Gasteiger partial charge is 0.240 e. The van der Waals surface area contributed by atoms with Crippen LogP contribution in [-0.4, -0.2) is 55.0 Å². The van der Waals surface area contributed by atoms with Gasteiger partial charge >= 0.3 is 0 Å². The first-order chi connectivity index (χ1) is 12.6. The number of ether oxygens (including phenoxy) is 1. The van der Waals surface area contributed by atoms with Gasteiger partial charge in [-0.3, -0.25) is 9.58 Å². The van der Waals surface area contributed by atoms with E-state index < -0.39 is 0 Å². The third kappa shape index (κ3) is 3.13. The number of nitrogens with zero attached hydrogens (tertiary/aromatic N) is 7. The van der Waals surface area contributed by atoms with Crippen LogP contribution in [0.15, 0.2) is 30.9 Å². The van der Waals surface area contributed by atoms with E-state index in [1.54, 1.807) is 21.6 Å². The third-order valence-electron chi connectivity index (χ3n) is 4.94. The lowest BCUT2D eigenvalue weighted by atomic mass is 10.2. The molecule has 0 amide bonds. The molecule has 0 aromatic carbocycles.